The van der Waals surface area contributed by atoms with Crippen molar-refractivity contribution in [2.45, 2.75) is 17.7 Å². The molecule has 4 nitrogen and oxygen atoms in total. The molecule has 0 aliphatic rings. The van der Waals surface area contributed by atoms with Crippen LogP contribution in [-0.2, 0) is 16.6 Å². The maximum absolute atomic E-state index is 12.9. The number of sulfonamides is 1. The summed E-state index contributed by atoms with van der Waals surface area (Å²) in [5, 5.41) is 1.73. The number of rotatable bonds is 5. The van der Waals surface area contributed by atoms with E-state index in [1.165, 1.54) is 28.6 Å². The van der Waals surface area contributed by atoms with Gasteiger partial charge in [0.15, 0.2) is 0 Å². The quantitative estimate of drug-likeness (QED) is 0.922. The number of thiophene rings is 1. The van der Waals surface area contributed by atoms with E-state index in [9.17, 15) is 12.8 Å². The van der Waals surface area contributed by atoms with E-state index in [0.29, 0.717) is 12.2 Å². The summed E-state index contributed by atoms with van der Waals surface area (Å²) >= 11 is 1.14. The molecule has 0 unspecified atom stereocenters. The molecule has 0 aliphatic heterocycles. The van der Waals surface area contributed by atoms with E-state index in [1.54, 1.807) is 18.4 Å². The van der Waals surface area contributed by atoms with Crippen molar-refractivity contribution in [1.82, 2.24) is 0 Å². The number of hydrogen-bond donors (Lipinski definition) is 1. The molecule has 108 valence electrons. The Morgan fingerprint density at radius 1 is 1.30 bits per heavy atom. The summed E-state index contributed by atoms with van der Waals surface area (Å²) in [6.07, 6.45) is 0. The first kappa shape index (κ1) is 15.0. The monoisotopic (exact) mass is 314 g/mol. The Hall–Kier alpha value is -1.44. The normalized spacial score (nSPS) is 11.6. The molecule has 2 N–H and O–H groups in total. The number of anilines is 1. The SMILES string of the molecule is CCN(c1ccc(F)cc1)S(=O)(=O)c1cc(CN)cs1. The summed E-state index contributed by atoms with van der Waals surface area (Å²) in [5.74, 6) is -0.399. The second kappa shape index (κ2) is 5.90. The minimum absolute atomic E-state index is 0.240. The fourth-order valence-corrected chi connectivity index (χ4v) is 4.61. The van der Waals surface area contributed by atoms with Gasteiger partial charge in [-0.05, 0) is 48.2 Å². The smallest absolute Gasteiger partial charge is 0.273 e. The molecule has 20 heavy (non-hydrogen) atoms. The van der Waals surface area contributed by atoms with Crippen molar-refractivity contribution in [3.63, 3.8) is 0 Å². The lowest BCUT2D eigenvalue weighted by Crippen LogP contribution is -2.30. The van der Waals surface area contributed by atoms with E-state index >= 15 is 0 Å². The summed E-state index contributed by atoms with van der Waals surface area (Å²) in [6.45, 7) is 2.30. The van der Waals surface area contributed by atoms with Gasteiger partial charge in [-0.25, -0.2) is 12.8 Å². The molecular weight excluding hydrogens is 299 g/mol. The van der Waals surface area contributed by atoms with Gasteiger partial charge in [0.25, 0.3) is 10.0 Å². The third-order valence-electron chi connectivity index (χ3n) is 2.81. The zero-order valence-corrected chi connectivity index (χ0v) is 12.5. The highest BCUT2D eigenvalue weighted by atomic mass is 32.2. The molecule has 0 atom stereocenters. The predicted molar refractivity (Wildman–Crippen MR) is 78.8 cm³/mol. The van der Waals surface area contributed by atoms with Crippen LogP contribution in [0.1, 0.15) is 12.5 Å². The molecule has 0 bridgehead atoms. The van der Waals surface area contributed by atoms with Crippen molar-refractivity contribution < 1.29 is 12.8 Å². The maximum Gasteiger partial charge on any atom is 0.273 e. The summed E-state index contributed by atoms with van der Waals surface area (Å²) < 4.78 is 39.6. The van der Waals surface area contributed by atoms with Crippen molar-refractivity contribution >= 4 is 27.0 Å². The van der Waals surface area contributed by atoms with Crippen LogP contribution >= 0.6 is 11.3 Å². The van der Waals surface area contributed by atoms with Gasteiger partial charge in [-0.3, -0.25) is 4.31 Å². The minimum Gasteiger partial charge on any atom is -0.326 e. The molecular formula is C13H15FN2O2S2. The molecule has 0 saturated carbocycles. The molecule has 7 heteroatoms. The van der Waals surface area contributed by atoms with Crippen LogP contribution in [0.5, 0.6) is 0 Å². The van der Waals surface area contributed by atoms with Crippen LogP contribution in [0, 0.1) is 5.82 Å². The van der Waals surface area contributed by atoms with Crippen LogP contribution in [-0.4, -0.2) is 15.0 Å². The van der Waals surface area contributed by atoms with Gasteiger partial charge in [0.1, 0.15) is 10.0 Å². The molecule has 0 radical (unpaired) electrons. The molecule has 2 aromatic rings. The molecule has 0 amide bonds. The maximum atomic E-state index is 12.9. The van der Waals surface area contributed by atoms with Crippen LogP contribution in [0.3, 0.4) is 0 Å². The van der Waals surface area contributed by atoms with E-state index in [0.717, 1.165) is 16.9 Å². The average Bonchev–Trinajstić information content (AvgIpc) is 2.91. The van der Waals surface area contributed by atoms with Crippen LogP contribution in [0.25, 0.3) is 0 Å². The Morgan fingerprint density at radius 2 is 1.95 bits per heavy atom. The fraction of sp³-hybridized carbons (Fsp3) is 0.231. The highest BCUT2D eigenvalue weighted by molar-refractivity contribution is 7.94. The largest absolute Gasteiger partial charge is 0.326 e. The fourth-order valence-electron chi connectivity index (χ4n) is 1.80. The van der Waals surface area contributed by atoms with E-state index in [2.05, 4.69) is 0 Å². The first-order valence-corrected chi connectivity index (χ1v) is 8.36. The molecule has 0 fully saturated rings. The Kier molecular flexibility index (Phi) is 4.42. The van der Waals surface area contributed by atoms with Gasteiger partial charge in [-0.1, -0.05) is 0 Å². The van der Waals surface area contributed by atoms with Crippen molar-refractivity contribution in [1.29, 1.82) is 0 Å². The molecule has 1 heterocycles. The lowest BCUT2D eigenvalue weighted by Gasteiger charge is -2.21. The van der Waals surface area contributed by atoms with Gasteiger partial charge in [-0.2, -0.15) is 0 Å². The number of hydrogen-bond acceptors (Lipinski definition) is 4. The Morgan fingerprint density at radius 3 is 2.45 bits per heavy atom. The van der Waals surface area contributed by atoms with Gasteiger partial charge in [0.2, 0.25) is 0 Å². The molecule has 0 saturated heterocycles. The first-order valence-electron chi connectivity index (χ1n) is 6.04. The zero-order chi connectivity index (χ0) is 14.8. The lowest BCUT2D eigenvalue weighted by molar-refractivity contribution is 0.593. The number of benzene rings is 1. The average molecular weight is 314 g/mol. The van der Waals surface area contributed by atoms with Crippen LogP contribution in [0.2, 0.25) is 0 Å². The Labute approximate surface area is 121 Å². The summed E-state index contributed by atoms with van der Waals surface area (Å²) in [5.41, 5.74) is 6.72. The minimum atomic E-state index is -3.63. The lowest BCUT2D eigenvalue weighted by atomic mass is 10.3. The molecule has 1 aromatic carbocycles. The predicted octanol–water partition coefficient (Wildman–Crippen LogP) is 2.56. The molecule has 1 aromatic heterocycles. The van der Waals surface area contributed by atoms with Crippen LogP contribution in [0.4, 0.5) is 10.1 Å². The standard InChI is InChI=1S/C13H15FN2O2S2/c1-2-16(12-5-3-11(14)4-6-12)20(17,18)13-7-10(8-15)9-19-13/h3-7,9H,2,8,15H2,1H3. The van der Waals surface area contributed by atoms with Crippen molar-refractivity contribution in [3.8, 4) is 0 Å². The van der Waals surface area contributed by atoms with E-state index in [4.69, 9.17) is 5.73 Å². The zero-order valence-electron chi connectivity index (χ0n) is 10.9. The Bertz CT molecular complexity index is 681. The Balaban J connectivity index is 2.41. The van der Waals surface area contributed by atoms with Gasteiger partial charge >= 0.3 is 0 Å². The van der Waals surface area contributed by atoms with Gasteiger partial charge < -0.3 is 5.73 Å². The third kappa shape index (κ3) is 2.84. The second-order valence-electron chi connectivity index (χ2n) is 4.12. The van der Waals surface area contributed by atoms with Crippen molar-refractivity contribution in [2.75, 3.05) is 10.8 Å². The van der Waals surface area contributed by atoms with Crippen molar-refractivity contribution in [3.05, 3.63) is 47.1 Å². The second-order valence-corrected chi connectivity index (χ2v) is 7.12. The topological polar surface area (TPSA) is 63.4 Å². The number of halogens is 1. The summed E-state index contributed by atoms with van der Waals surface area (Å²) in [4.78, 5) is 0. The number of nitrogens with zero attached hydrogens (tertiary/aromatic N) is 1. The summed E-state index contributed by atoms with van der Waals surface area (Å²) in [7, 11) is -3.63. The summed E-state index contributed by atoms with van der Waals surface area (Å²) in [6, 6.07) is 6.97. The van der Waals surface area contributed by atoms with Gasteiger partial charge in [-0.15, -0.1) is 11.3 Å². The van der Waals surface area contributed by atoms with Crippen LogP contribution in [0.15, 0.2) is 39.9 Å². The highest BCUT2D eigenvalue weighted by Crippen LogP contribution is 2.28. The third-order valence-corrected chi connectivity index (χ3v) is 6.18. The van der Waals surface area contributed by atoms with Gasteiger partial charge in [0, 0.05) is 13.1 Å². The van der Waals surface area contributed by atoms with E-state index in [1.807, 2.05) is 0 Å². The first-order chi connectivity index (χ1) is 9.48. The van der Waals surface area contributed by atoms with E-state index < -0.39 is 15.8 Å². The van der Waals surface area contributed by atoms with Gasteiger partial charge in [0.05, 0.1) is 5.69 Å². The van der Waals surface area contributed by atoms with Crippen molar-refractivity contribution in [2.24, 2.45) is 5.73 Å². The molecule has 0 spiro atoms. The molecule has 0 aliphatic carbocycles. The number of nitrogens with two attached hydrogens (primary N) is 1. The van der Waals surface area contributed by atoms with Crippen LogP contribution < -0.4 is 10.0 Å². The molecule has 2 rings (SSSR count). The van der Waals surface area contributed by atoms with E-state index in [-0.39, 0.29) is 10.8 Å². The highest BCUT2D eigenvalue weighted by Gasteiger charge is 2.25.